The van der Waals surface area contributed by atoms with E-state index in [-0.39, 0.29) is 18.7 Å². The van der Waals surface area contributed by atoms with E-state index in [1.807, 2.05) is 30.3 Å². The standard InChI is InChI=1S/C17H12ClNO4/c18-12-6-7-14-13(8-12)16(21)17(22)19(14)9-15(20)23-10-11-4-2-1-3-5-11/h1-8H,9-10H2. The highest BCUT2D eigenvalue weighted by Crippen LogP contribution is 2.31. The summed E-state index contributed by atoms with van der Waals surface area (Å²) in [6.45, 7) is -0.199. The van der Waals surface area contributed by atoms with Gasteiger partial charge in [0.25, 0.3) is 11.7 Å². The van der Waals surface area contributed by atoms with E-state index in [1.54, 1.807) is 12.1 Å². The minimum absolute atomic E-state index is 0.114. The van der Waals surface area contributed by atoms with E-state index < -0.39 is 17.7 Å². The third-order valence-electron chi connectivity index (χ3n) is 3.46. The predicted octanol–water partition coefficient (Wildman–Crippen LogP) is 2.61. The molecule has 1 amide bonds. The Kier molecular flexibility index (Phi) is 4.12. The highest BCUT2D eigenvalue weighted by molar-refractivity contribution is 6.53. The van der Waals surface area contributed by atoms with Crippen molar-refractivity contribution < 1.29 is 19.1 Å². The molecular formula is C17H12ClNO4. The summed E-state index contributed by atoms with van der Waals surface area (Å²) in [4.78, 5) is 37.0. The van der Waals surface area contributed by atoms with E-state index in [0.29, 0.717) is 10.7 Å². The number of ether oxygens (including phenoxy) is 1. The number of nitrogens with zero attached hydrogens (tertiary/aromatic N) is 1. The Labute approximate surface area is 137 Å². The first-order chi connectivity index (χ1) is 11.1. The number of hydrogen-bond acceptors (Lipinski definition) is 4. The van der Waals surface area contributed by atoms with Crippen LogP contribution in [0.5, 0.6) is 0 Å². The van der Waals surface area contributed by atoms with Crippen LogP contribution >= 0.6 is 11.6 Å². The molecule has 0 radical (unpaired) electrons. The summed E-state index contributed by atoms with van der Waals surface area (Å²) in [5, 5.41) is 0.360. The number of rotatable bonds is 4. The summed E-state index contributed by atoms with van der Waals surface area (Å²) < 4.78 is 5.14. The number of hydrogen-bond donors (Lipinski definition) is 0. The van der Waals surface area contributed by atoms with Crippen LogP contribution in [0.15, 0.2) is 48.5 Å². The van der Waals surface area contributed by atoms with Crippen LogP contribution in [0.2, 0.25) is 5.02 Å². The van der Waals surface area contributed by atoms with Gasteiger partial charge >= 0.3 is 5.97 Å². The summed E-state index contributed by atoms with van der Waals surface area (Å²) in [6, 6.07) is 13.7. The molecule has 2 aromatic rings. The second-order valence-electron chi connectivity index (χ2n) is 5.03. The zero-order chi connectivity index (χ0) is 16.4. The highest BCUT2D eigenvalue weighted by atomic mass is 35.5. The SMILES string of the molecule is O=C(CN1C(=O)C(=O)c2cc(Cl)ccc21)OCc1ccccc1. The van der Waals surface area contributed by atoms with Gasteiger partial charge in [-0.15, -0.1) is 0 Å². The highest BCUT2D eigenvalue weighted by Gasteiger charge is 2.37. The van der Waals surface area contributed by atoms with Gasteiger partial charge in [-0.3, -0.25) is 19.3 Å². The zero-order valence-electron chi connectivity index (χ0n) is 12.0. The van der Waals surface area contributed by atoms with Gasteiger partial charge in [0, 0.05) is 5.02 Å². The van der Waals surface area contributed by atoms with E-state index in [0.717, 1.165) is 10.5 Å². The van der Waals surface area contributed by atoms with Crippen molar-refractivity contribution in [3.8, 4) is 0 Å². The number of carbonyl (C=O) groups is 3. The molecule has 0 bridgehead atoms. The summed E-state index contributed by atoms with van der Waals surface area (Å²) in [5.41, 5.74) is 1.43. The molecule has 0 aliphatic carbocycles. The monoisotopic (exact) mass is 329 g/mol. The number of Topliss-reactive ketones (excluding diaryl/α,β-unsaturated/α-hetero) is 1. The third kappa shape index (κ3) is 3.10. The quantitative estimate of drug-likeness (QED) is 0.639. The van der Waals surface area contributed by atoms with Crippen LogP contribution in [-0.2, 0) is 20.9 Å². The number of benzene rings is 2. The molecule has 2 aromatic carbocycles. The maximum absolute atomic E-state index is 12.0. The smallest absolute Gasteiger partial charge is 0.326 e. The van der Waals surface area contributed by atoms with Gasteiger partial charge in [-0.05, 0) is 23.8 Å². The van der Waals surface area contributed by atoms with Crippen LogP contribution in [0.4, 0.5) is 5.69 Å². The first-order valence-corrected chi connectivity index (χ1v) is 7.29. The van der Waals surface area contributed by atoms with Crippen molar-refractivity contribution in [1.29, 1.82) is 0 Å². The third-order valence-corrected chi connectivity index (χ3v) is 3.70. The Bertz CT molecular complexity index is 788. The van der Waals surface area contributed by atoms with Crippen molar-refractivity contribution in [2.45, 2.75) is 6.61 Å². The van der Waals surface area contributed by atoms with Crippen LogP contribution in [0, 0.1) is 0 Å². The minimum atomic E-state index is -0.751. The largest absolute Gasteiger partial charge is 0.459 e. The molecule has 0 fully saturated rings. The van der Waals surface area contributed by atoms with Gasteiger partial charge in [-0.25, -0.2) is 0 Å². The number of anilines is 1. The normalized spacial score (nSPS) is 13.2. The Hall–Kier alpha value is -2.66. The van der Waals surface area contributed by atoms with Crippen LogP contribution in [0.25, 0.3) is 0 Å². The average Bonchev–Trinajstić information content (AvgIpc) is 2.79. The van der Waals surface area contributed by atoms with E-state index in [9.17, 15) is 14.4 Å². The van der Waals surface area contributed by atoms with Gasteiger partial charge in [-0.2, -0.15) is 0 Å². The van der Waals surface area contributed by atoms with Gasteiger partial charge in [0.2, 0.25) is 0 Å². The Morgan fingerprint density at radius 1 is 1.09 bits per heavy atom. The average molecular weight is 330 g/mol. The number of fused-ring (bicyclic) bond motifs is 1. The minimum Gasteiger partial charge on any atom is -0.459 e. The molecule has 1 heterocycles. The molecule has 0 aromatic heterocycles. The zero-order valence-corrected chi connectivity index (χ0v) is 12.7. The molecule has 0 N–H and O–H groups in total. The molecule has 1 aliphatic heterocycles. The maximum Gasteiger partial charge on any atom is 0.326 e. The van der Waals surface area contributed by atoms with Crippen LogP contribution in [0.3, 0.4) is 0 Å². The first-order valence-electron chi connectivity index (χ1n) is 6.91. The van der Waals surface area contributed by atoms with E-state index >= 15 is 0 Å². The Morgan fingerprint density at radius 2 is 1.83 bits per heavy atom. The van der Waals surface area contributed by atoms with E-state index in [4.69, 9.17) is 16.3 Å². The first kappa shape index (κ1) is 15.2. The molecule has 23 heavy (non-hydrogen) atoms. The summed E-state index contributed by atoms with van der Waals surface area (Å²) in [5.74, 6) is -2.00. The fourth-order valence-electron chi connectivity index (χ4n) is 2.34. The van der Waals surface area contributed by atoms with Crippen molar-refractivity contribution >= 4 is 34.9 Å². The predicted molar refractivity (Wildman–Crippen MR) is 84.4 cm³/mol. The van der Waals surface area contributed by atoms with Crippen molar-refractivity contribution in [3.63, 3.8) is 0 Å². The molecule has 0 spiro atoms. The molecule has 6 heteroatoms. The molecule has 116 valence electrons. The van der Waals surface area contributed by atoms with E-state index in [2.05, 4.69) is 0 Å². The molecule has 0 atom stereocenters. The van der Waals surface area contributed by atoms with Crippen molar-refractivity contribution in [2.24, 2.45) is 0 Å². The number of halogens is 1. The number of amides is 1. The maximum atomic E-state index is 12.0. The lowest BCUT2D eigenvalue weighted by atomic mass is 10.1. The number of esters is 1. The van der Waals surface area contributed by atoms with Crippen molar-refractivity contribution in [2.75, 3.05) is 11.4 Å². The Balaban J connectivity index is 1.69. The molecule has 1 aliphatic rings. The van der Waals surface area contributed by atoms with Crippen LogP contribution in [-0.4, -0.2) is 24.2 Å². The number of ketones is 1. The summed E-state index contributed by atoms with van der Waals surface area (Å²) >= 11 is 5.83. The summed E-state index contributed by atoms with van der Waals surface area (Å²) in [7, 11) is 0. The second kappa shape index (κ2) is 6.22. The molecule has 0 saturated carbocycles. The topological polar surface area (TPSA) is 63.7 Å². The van der Waals surface area contributed by atoms with E-state index in [1.165, 1.54) is 6.07 Å². The molecule has 0 unspecified atom stereocenters. The lowest BCUT2D eigenvalue weighted by molar-refractivity contribution is -0.143. The van der Waals surface area contributed by atoms with Crippen LogP contribution in [0.1, 0.15) is 15.9 Å². The molecule has 0 saturated heterocycles. The van der Waals surface area contributed by atoms with Crippen LogP contribution < -0.4 is 4.90 Å². The summed E-state index contributed by atoms with van der Waals surface area (Å²) in [6.07, 6.45) is 0. The number of carbonyl (C=O) groups excluding carboxylic acids is 3. The van der Waals surface area contributed by atoms with Gasteiger partial charge < -0.3 is 4.74 Å². The fraction of sp³-hybridized carbons (Fsp3) is 0.118. The van der Waals surface area contributed by atoms with Crippen molar-refractivity contribution in [1.82, 2.24) is 0 Å². The molecular weight excluding hydrogens is 318 g/mol. The van der Waals surface area contributed by atoms with Gasteiger partial charge in [0.15, 0.2) is 0 Å². The fourth-order valence-corrected chi connectivity index (χ4v) is 2.51. The lowest BCUT2D eigenvalue weighted by Crippen LogP contribution is -2.35. The molecule has 3 rings (SSSR count). The van der Waals surface area contributed by atoms with Crippen molar-refractivity contribution in [3.05, 3.63) is 64.7 Å². The van der Waals surface area contributed by atoms with Gasteiger partial charge in [0.05, 0.1) is 11.3 Å². The lowest BCUT2D eigenvalue weighted by Gasteiger charge is -2.15. The Morgan fingerprint density at radius 3 is 2.57 bits per heavy atom. The van der Waals surface area contributed by atoms with Gasteiger partial charge in [0.1, 0.15) is 13.2 Å². The molecule has 5 nitrogen and oxygen atoms in total. The second-order valence-corrected chi connectivity index (χ2v) is 5.46. The van der Waals surface area contributed by atoms with Gasteiger partial charge in [-0.1, -0.05) is 41.9 Å².